The van der Waals surface area contributed by atoms with E-state index >= 15 is 0 Å². The van der Waals surface area contributed by atoms with Gasteiger partial charge in [0.25, 0.3) is 0 Å². The minimum Gasteiger partial charge on any atom is -0.508 e. The van der Waals surface area contributed by atoms with Gasteiger partial charge in [0, 0.05) is 17.7 Å². The van der Waals surface area contributed by atoms with Crippen LogP contribution in [-0.4, -0.2) is 104 Å². The second kappa shape index (κ2) is 11.4. The van der Waals surface area contributed by atoms with Crippen LogP contribution in [0.15, 0.2) is 57.7 Å². The zero-order chi connectivity index (χ0) is 28.7. The predicted octanol–water partition coefficient (Wildman–Crippen LogP) is -0.804. The van der Waals surface area contributed by atoms with Crippen LogP contribution in [0.3, 0.4) is 0 Å². The Kier molecular flexibility index (Phi) is 8.10. The van der Waals surface area contributed by atoms with Crippen molar-refractivity contribution in [2.75, 3.05) is 6.61 Å². The second-order valence-electron chi connectivity index (χ2n) is 9.83. The summed E-state index contributed by atoms with van der Waals surface area (Å²) < 4.78 is 28.1. The fraction of sp³-hybridized carbons (Fsp3) is 0.444. The Bertz CT molecular complexity index is 1380. The van der Waals surface area contributed by atoms with Gasteiger partial charge in [-0.1, -0.05) is 0 Å². The lowest BCUT2D eigenvalue weighted by atomic mass is 9.98. The number of benzene rings is 2. The molecule has 216 valence electrons. The van der Waals surface area contributed by atoms with E-state index in [0.717, 1.165) is 0 Å². The maximum Gasteiger partial charge on any atom is 0.229 e. The average Bonchev–Trinajstić information content (AvgIpc) is 2.94. The molecule has 0 amide bonds. The normalized spacial score (nSPS) is 34.6. The van der Waals surface area contributed by atoms with E-state index in [4.69, 9.17) is 23.4 Å². The molecule has 0 bridgehead atoms. The Morgan fingerprint density at radius 2 is 1.45 bits per heavy atom. The molecule has 0 radical (unpaired) electrons. The van der Waals surface area contributed by atoms with E-state index < -0.39 is 68.0 Å². The summed E-state index contributed by atoms with van der Waals surface area (Å²) in [5.74, 6) is 0.416. The number of phenolic OH excluding ortho intramolecular Hbond substituents is 1. The first-order chi connectivity index (χ1) is 19.0. The number of fused-ring (bicyclic) bond motifs is 1. The molecule has 5 rings (SSSR count). The molecular formula is C27H30O13. The quantitative estimate of drug-likeness (QED) is 0.196. The van der Waals surface area contributed by atoms with Crippen LogP contribution in [0.5, 0.6) is 11.5 Å². The molecule has 1 aromatic heterocycles. The molecule has 3 heterocycles. The number of phenols is 1. The molecule has 40 heavy (non-hydrogen) atoms. The minimum absolute atomic E-state index is 0.0537. The highest BCUT2D eigenvalue weighted by Crippen LogP contribution is 2.30. The summed E-state index contributed by atoms with van der Waals surface area (Å²) in [4.78, 5) is 12.7. The Labute approximate surface area is 227 Å². The fourth-order valence-electron chi connectivity index (χ4n) is 4.60. The SMILES string of the molecule is C[C@@H]1O[C@@H](OC[C@@H]2O[C@H](Oc3ccc4c(=O)cc(-c5ccc(O)cc5)oc4c3)[C@@H](O)[C@@H](O)[C@H]2O)[C@H](O)[C@@H](O)[C@H]1O. The van der Waals surface area contributed by atoms with Gasteiger partial charge in [0.2, 0.25) is 6.29 Å². The van der Waals surface area contributed by atoms with Gasteiger partial charge in [0.05, 0.1) is 18.1 Å². The molecule has 3 aromatic rings. The van der Waals surface area contributed by atoms with E-state index in [-0.39, 0.29) is 33.7 Å². The van der Waals surface area contributed by atoms with Crippen LogP contribution < -0.4 is 10.2 Å². The van der Waals surface area contributed by atoms with E-state index in [1.54, 1.807) is 12.1 Å². The van der Waals surface area contributed by atoms with Crippen molar-refractivity contribution in [3.8, 4) is 22.8 Å². The van der Waals surface area contributed by atoms with Crippen molar-refractivity contribution in [1.82, 2.24) is 0 Å². The van der Waals surface area contributed by atoms with Crippen LogP contribution in [0.2, 0.25) is 0 Å². The number of aromatic hydroxyl groups is 1. The Balaban J connectivity index is 1.32. The fourth-order valence-corrected chi connectivity index (χ4v) is 4.60. The molecule has 0 spiro atoms. The number of rotatable bonds is 6. The molecule has 7 N–H and O–H groups in total. The van der Waals surface area contributed by atoms with Gasteiger partial charge >= 0.3 is 0 Å². The Morgan fingerprint density at radius 3 is 2.17 bits per heavy atom. The summed E-state index contributed by atoms with van der Waals surface area (Å²) in [5, 5.41) is 71.1. The van der Waals surface area contributed by atoms with Gasteiger partial charge in [-0.2, -0.15) is 0 Å². The summed E-state index contributed by atoms with van der Waals surface area (Å²) >= 11 is 0. The average molecular weight is 563 g/mol. The Hall–Kier alpha value is -3.11. The lowest BCUT2D eigenvalue weighted by Crippen LogP contribution is -2.61. The molecule has 2 aliphatic rings. The molecule has 13 nitrogen and oxygen atoms in total. The summed E-state index contributed by atoms with van der Waals surface area (Å²) in [7, 11) is 0. The predicted molar refractivity (Wildman–Crippen MR) is 135 cm³/mol. The third kappa shape index (κ3) is 5.56. The van der Waals surface area contributed by atoms with E-state index in [2.05, 4.69) is 0 Å². The zero-order valence-electron chi connectivity index (χ0n) is 21.2. The topological polar surface area (TPSA) is 209 Å². The summed E-state index contributed by atoms with van der Waals surface area (Å²) in [6.45, 7) is 1.04. The van der Waals surface area contributed by atoms with Gasteiger partial charge in [-0.15, -0.1) is 0 Å². The number of aliphatic hydroxyl groups is 6. The van der Waals surface area contributed by atoms with Crippen molar-refractivity contribution in [1.29, 1.82) is 0 Å². The molecule has 0 aliphatic carbocycles. The molecule has 0 unspecified atom stereocenters. The van der Waals surface area contributed by atoms with Gasteiger partial charge in [-0.3, -0.25) is 4.79 Å². The first-order valence-electron chi connectivity index (χ1n) is 12.6. The van der Waals surface area contributed by atoms with Gasteiger partial charge in [-0.05, 0) is 43.3 Å². The first kappa shape index (κ1) is 28.4. The van der Waals surface area contributed by atoms with Crippen LogP contribution >= 0.6 is 0 Å². The lowest BCUT2D eigenvalue weighted by Gasteiger charge is -2.42. The zero-order valence-corrected chi connectivity index (χ0v) is 21.2. The second-order valence-corrected chi connectivity index (χ2v) is 9.83. The van der Waals surface area contributed by atoms with E-state index in [0.29, 0.717) is 5.56 Å². The van der Waals surface area contributed by atoms with Crippen LogP contribution in [-0.2, 0) is 14.2 Å². The highest BCUT2D eigenvalue weighted by molar-refractivity contribution is 5.80. The van der Waals surface area contributed by atoms with Crippen molar-refractivity contribution >= 4 is 11.0 Å². The minimum atomic E-state index is -1.70. The largest absolute Gasteiger partial charge is 0.508 e. The van der Waals surface area contributed by atoms with Gasteiger partial charge in [0.1, 0.15) is 65.6 Å². The number of hydrogen-bond acceptors (Lipinski definition) is 13. The highest BCUT2D eigenvalue weighted by atomic mass is 16.7. The first-order valence-corrected chi connectivity index (χ1v) is 12.6. The van der Waals surface area contributed by atoms with Crippen molar-refractivity contribution in [2.24, 2.45) is 0 Å². The van der Waals surface area contributed by atoms with E-state index in [1.165, 1.54) is 43.3 Å². The standard InChI is InChI=1S/C27H30O13/c1-11-20(30)22(32)24(34)26(37-11)36-10-19-21(31)23(33)25(35)27(40-19)38-14-6-7-15-16(29)9-17(39-18(15)8-14)12-2-4-13(28)5-3-12/h2-9,11,19-28,30-35H,10H2,1H3/t11-,19-,20-,21-,22-,23-,24+,25-,26+,27-/m0/s1. The van der Waals surface area contributed by atoms with Crippen molar-refractivity contribution in [3.63, 3.8) is 0 Å². The van der Waals surface area contributed by atoms with Crippen LogP contribution in [0.1, 0.15) is 6.92 Å². The third-order valence-electron chi connectivity index (χ3n) is 7.01. The highest BCUT2D eigenvalue weighted by Gasteiger charge is 2.47. The lowest BCUT2D eigenvalue weighted by molar-refractivity contribution is -0.318. The molecule has 2 saturated heterocycles. The van der Waals surface area contributed by atoms with E-state index in [1.807, 2.05) is 0 Å². The molecule has 10 atom stereocenters. The molecule has 2 fully saturated rings. The van der Waals surface area contributed by atoms with Gasteiger partial charge < -0.3 is 59.1 Å². The van der Waals surface area contributed by atoms with Gasteiger partial charge in [-0.25, -0.2) is 0 Å². The van der Waals surface area contributed by atoms with E-state index in [9.17, 15) is 40.5 Å². The molecular weight excluding hydrogens is 532 g/mol. The molecule has 13 heteroatoms. The summed E-state index contributed by atoms with van der Waals surface area (Å²) in [5.41, 5.74) is 0.398. The number of hydrogen-bond donors (Lipinski definition) is 7. The van der Waals surface area contributed by atoms with Crippen LogP contribution in [0.4, 0.5) is 0 Å². The number of ether oxygens (including phenoxy) is 4. The van der Waals surface area contributed by atoms with Crippen molar-refractivity contribution in [3.05, 3.63) is 58.8 Å². The smallest absolute Gasteiger partial charge is 0.229 e. The summed E-state index contributed by atoms with van der Waals surface area (Å²) in [6, 6.07) is 11.7. The van der Waals surface area contributed by atoms with Crippen molar-refractivity contribution in [2.45, 2.75) is 68.3 Å². The van der Waals surface area contributed by atoms with Crippen LogP contribution in [0.25, 0.3) is 22.3 Å². The molecule has 2 aliphatic heterocycles. The maximum atomic E-state index is 12.7. The van der Waals surface area contributed by atoms with Crippen molar-refractivity contribution < 1.29 is 59.1 Å². The molecule has 0 saturated carbocycles. The monoisotopic (exact) mass is 562 g/mol. The van der Waals surface area contributed by atoms with Gasteiger partial charge in [0.15, 0.2) is 11.7 Å². The molecule has 2 aromatic carbocycles. The third-order valence-corrected chi connectivity index (χ3v) is 7.01. The summed E-state index contributed by atoms with van der Waals surface area (Å²) in [6.07, 6.45) is -14.4. The maximum absolute atomic E-state index is 12.7. The van der Waals surface area contributed by atoms with Crippen LogP contribution in [0, 0.1) is 0 Å². The number of aliphatic hydroxyl groups excluding tert-OH is 6. The Morgan fingerprint density at radius 1 is 0.775 bits per heavy atom.